The van der Waals surface area contributed by atoms with E-state index in [2.05, 4.69) is 5.32 Å². The lowest BCUT2D eigenvalue weighted by atomic mass is 9.94. The molecule has 6 nitrogen and oxygen atoms in total. The molecule has 0 heterocycles. The van der Waals surface area contributed by atoms with Crippen LogP contribution in [0.25, 0.3) is 0 Å². The molecule has 1 aromatic rings. The van der Waals surface area contributed by atoms with Gasteiger partial charge in [0.1, 0.15) is 12.6 Å². The molecule has 21 heavy (non-hydrogen) atoms. The maximum absolute atomic E-state index is 11.7. The van der Waals surface area contributed by atoms with Crippen molar-refractivity contribution in [1.82, 2.24) is 5.32 Å². The summed E-state index contributed by atoms with van der Waals surface area (Å²) in [7, 11) is 0. The van der Waals surface area contributed by atoms with E-state index in [0.29, 0.717) is 6.42 Å². The second kappa shape index (κ2) is 8.59. The number of nitriles is 1. The first-order valence-corrected chi connectivity index (χ1v) is 6.65. The quantitative estimate of drug-likeness (QED) is 0.802. The number of carboxylic acids is 1. The van der Waals surface area contributed by atoms with Crippen molar-refractivity contribution in [1.29, 1.82) is 5.26 Å². The maximum atomic E-state index is 11.7. The van der Waals surface area contributed by atoms with Gasteiger partial charge in [0.25, 0.3) is 0 Å². The number of aliphatic carboxylic acids is 1. The number of nitrogens with zero attached hydrogens (tertiary/aromatic N) is 1. The Hall–Kier alpha value is -2.55. The van der Waals surface area contributed by atoms with Crippen LogP contribution in [0, 0.1) is 17.2 Å². The highest BCUT2D eigenvalue weighted by Crippen LogP contribution is 2.14. The van der Waals surface area contributed by atoms with E-state index in [1.54, 1.807) is 19.1 Å². The summed E-state index contributed by atoms with van der Waals surface area (Å²) in [4.78, 5) is 22.9. The van der Waals surface area contributed by atoms with Crippen LogP contribution < -0.4 is 5.32 Å². The van der Waals surface area contributed by atoms with E-state index in [4.69, 9.17) is 15.1 Å². The molecule has 0 aromatic heterocycles. The highest BCUT2D eigenvalue weighted by Gasteiger charge is 2.28. The Morgan fingerprint density at radius 2 is 2.05 bits per heavy atom. The summed E-state index contributed by atoms with van der Waals surface area (Å²) in [6, 6.07) is 9.88. The summed E-state index contributed by atoms with van der Waals surface area (Å²) >= 11 is 0. The van der Waals surface area contributed by atoms with Crippen LogP contribution in [0.4, 0.5) is 4.79 Å². The van der Waals surface area contributed by atoms with E-state index < -0.39 is 24.0 Å². The van der Waals surface area contributed by atoms with Gasteiger partial charge in [-0.05, 0) is 12.0 Å². The van der Waals surface area contributed by atoms with Crippen molar-refractivity contribution in [3.63, 3.8) is 0 Å². The summed E-state index contributed by atoms with van der Waals surface area (Å²) in [6.07, 6.45) is -0.265. The number of carbonyl (C=O) groups excluding carboxylic acids is 1. The van der Waals surface area contributed by atoms with Gasteiger partial charge in [-0.2, -0.15) is 5.26 Å². The molecule has 1 aromatic carbocycles. The van der Waals surface area contributed by atoms with Crippen molar-refractivity contribution in [3.05, 3.63) is 35.9 Å². The fourth-order valence-electron chi connectivity index (χ4n) is 1.89. The summed E-state index contributed by atoms with van der Waals surface area (Å²) < 4.78 is 4.99. The molecule has 112 valence electrons. The SMILES string of the molecule is CCC(CC#N)C(NC(=O)OCc1ccccc1)C(=O)O. The number of nitrogens with one attached hydrogen (secondary N) is 1. The largest absolute Gasteiger partial charge is 0.480 e. The zero-order chi connectivity index (χ0) is 15.7. The number of hydrogen-bond acceptors (Lipinski definition) is 4. The van der Waals surface area contributed by atoms with Crippen molar-refractivity contribution < 1.29 is 19.4 Å². The van der Waals surface area contributed by atoms with Crippen molar-refractivity contribution in [2.75, 3.05) is 0 Å². The van der Waals surface area contributed by atoms with Gasteiger partial charge in [0, 0.05) is 12.3 Å². The molecule has 0 saturated heterocycles. The van der Waals surface area contributed by atoms with Crippen molar-refractivity contribution >= 4 is 12.1 Å². The molecule has 0 fully saturated rings. The molecule has 2 N–H and O–H groups in total. The first kappa shape index (κ1) is 16.5. The summed E-state index contributed by atoms with van der Waals surface area (Å²) in [5.41, 5.74) is 0.809. The molecule has 1 amide bonds. The van der Waals surface area contributed by atoms with Gasteiger partial charge >= 0.3 is 12.1 Å². The number of alkyl carbamates (subject to hydrolysis) is 1. The van der Waals surface area contributed by atoms with Crippen molar-refractivity contribution in [2.45, 2.75) is 32.4 Å². The molecule has 2 unspecified atom stereocenters. The predicted molar refractivity (Wildman–Crippen MR) is 75.2 cm³/mol. The van der Waals surface area contributed by atoms with Gasteiger partial charge < -0.3 is 15.2 Å². The summed E-state index contributed by atoms with van der Waals surface area (Å²) in [5, 5.41) is 20.2. The Balaban J connectivity index is 2.56. The van der Waals surface area contributed by atoms with Crippen LogP contribution in [0.1, 0.15) is 25.3 Å². The minimum absolute atomic E-state index is 0.0619. The van der Waals surface area contributed by atoms with E-state index in [9.17, 15) is 9.59 Å². The minimum Gasteiger partial charge on any atom is -0.480 e. The lowest BCUT2D eigenvalue weighted by molar-refractivity contribution is -0.140. The van der Waals surface area contributed by atoms with Gasteiger partial charge in [-0.15, -0.1) is 0 Å². The highest BCUT2D eigenvalue weighted by molar-refractivity contribution is 5.80. The van der Waals surface area contributed by atoms with E-state index in [1.807, 2.05) is 24.3 Å². The number of hydrogen-bond donors (Lipinski definition) is 2. The van der Waals surface area contributed by atoms with Crippen molar-refractivity contribution in [3.8, 4) is 6.07 Å². The van der Waals surface area contributed by atoms with Gasteiger partial charge in [-0.1, -0.05) is 37.3 Å². The van der Waals surface area contributed by atoms with Crippen LogP contribution >= 0.6 is 0 Å². The molecule has 1 rings (SSSR count). The van der Waals surface area contributed by atoms with Crippen molar-refractivity contribution in [2.24, 2.45) is 5.92 Å². The Bertz CT molecular complexity index is 510. The zero-order valence-corrected chi connectivity index (χ0v) is 11.8. The molecule has 0 aliphatic carbocycles. The minimum atomic E-state index is -1.17. The van der Waals surface area contributed by atoms with Gasteiger partial charge in [-0.25, -0.2) is 9.59 Å². The molecule has 0 spiro atoms. The number of benzene rings is 1. The summed E-state index contributed by atoms with van der Waals surface area (Å²) in [6.45, 7) is 1.84. The number of carboxylic acid groups (broad SMARTS) is 1. The number of rotatable bonds is 7. The molecule has 0 bridgehead atoms. The third-order valence-corrected chi connectivity index (χ3v) is 3.10. The Kier molecular flexibility index (Phi) is 6.75. The smallest absolute Gasteiger partial charge is 0.408 e. The third-order valence-electron chi connectivity index (χ3n) is 3.10. The fraction of sp³-hybridized carbons (Fsp3) is 0.400. The Labute approximate surface area is 123 Å². The average Bonchev–Trinajstić information content (AvgIpc) is 2.49. The molecule has 0 saturated carbocycles. The molecule has 0 radical (unpaired) electrons. The standard InChI is InChI=1S/C15H18N2O4/c1-2-12(8-9-16)13(14(18)19)17-15(20)21-10-11-6-4-3-5-7-11/h3-7,12-13H,2,8,10H2,1H3,(H,17,20)(H,18,19). The fourth-order valence-corrected chi connectivity index (χ4v) is 1.89. The topological polar surface area (TPSA) is 99.4 Å². The van der Waals surface area contributed by atoms with Gasteiger partial charge in [-0.3, -0.25) is 0 Å². The Morgan fingerprint density at radius 3 is 2.57 bits per heavy atom. The normalized spacial score (nSPS) is 12.8. The van der Waals surface area contributed by atoms with Gasteiger partial charge in [0.15, 0.2) is 0 Å². The second-order valence-electron chi connectivity index (χ2n) is 4.55. The number of carbonyl (C=O) groups is 2. The van der Waals surface area contributed by atoms with Crippen LogP contribution in [-0.4, -0.2) is 23.2 Å². The zero-order valence-electron chi connectivity index (χ0n) is 11.8. The van der Waals surface area contributed by atoms with Crippen LogP contribution in [0.5, 0.6) is 0 Å². The number of amides is 1. The molecular weight excluding hydrogens is 272 g/mol. The molecule has 2 atom stereocenters. The van der Waals surface area contributed by atoms with E-state index in [0.717, 1.165) is 5.56 Å². The third kappa shape index (κ3) is 5.53. The summed E-state index contributed by atoms with van der Waals surface area (Å²) in [5.74, 6) is -1.62. The lowest BCUT2D eigenvalue weighted by Crippen LogP contribution is -2.46. The first-order valence-electron chi connectivity index (χ1n) is 6.65. The molecule has 0 aliphatic heterocycles. The van der Waals surface area contributed by atoms with Crippen LogP contribution in [0.2, 0.25) is 0 Å². The van der Waals surface area contributed by atoms with Crippen LogP contribution in [0.3, 0.4) is 0 Å². The van der Waals surface area contributed by atoms with E-state index in [-0.39, 0.29) is 13.0 Å². The monoisotopic (exact) mass is 290 g/mol. The highest BCUT2D eigenvalue weighted by atomic mass is 16.5. The maximum Gasteiger partial charge on any atom is 0.408 e. The van der Waals surface area contributed by atoms with Crippen LogP contribution in [-0.2, 0) is 16.1 Å². The lowest BCUT2D eigenvalue weighted by Gasteiger charge is -2.21. The van der Waals surface area contributed by atoms with E-state index >= 15 is 0 Å². The molecule has 6 heteroatoms. The number of ether oxygens (including phenoxy) is 1. The average molecular weight is 290 g/mol. The predicted octanol–water partition coefficient (Wildman–Crippen LogP) is 2.31. The van der Waals surface area contributed by atoms with E-state index in [1.165, 1.54) is 0 Å². The molecular formula is C15H18N2O4. The van der Waals surface area contributed by atoms with Gasteiger partial charge in [0.2, 0.25) is 0 Å². The molecule has 0 aliphatic rings. The Morgan fingerprint density at radius 1 is 1.38 bits per heavy atom. The second-order valence-corrected chi connectivity index (χ2v) is 4.55. The first-order chi connectivity index (χ1) is 10.1. The van der Waals surface area contributed by atoms with Crippen LogP contribution in [0.15, 0.2) is 30.3 Å². The van der Waals surface area contributed by atoms with Gasteiger partial charge in [0.05, 0.1) is 6.07 Å².